The third kappa shape index (κ3) is 7.39. The molecule has 1 fully saturated rings. The molecule has 0 spiro atoms. The molecule has 0 unspecified atom stereocenters. The van der Waals surface area contributed by atoms with E-state index in [1.54, 1.807) is 11.9 Å². The summed E-state index contributed by atoms with van der Waals surface area (Å²) in [5.41, 5.74) is 3.07. The van der Waals surface area contributed by atoms with Crippen molar-refractivity contribution in [2.45, 2.75) is 19.5 Å². The second-order valence-corrected chi connectivity index (χ2v) is 8.69. The molecule has 2 aromatic rings. The van der Waals surface area contributed by atoms with Crippen LogP contribution in [0.2, 0.25) is 0 Å². The highest BCUT2D eigenvalue weighted by Crippen LogP contribution is 2.16. The first-order chi connectivity index (χ1) is 14.6. The predicted octanol–water partition coefficient (Wildman–Crippen LogP) is 3.41. The number of anilines is 1. The number of urea groups is 1. The zero-order valence-electron chi connectivity index (χ0n) is 17.5. The third-order valence-corrected chi connectivity index (χ3v) is 5.90. The number of carbonyl (C=O) groups excluding carboxylic acids is 2. The maximum atomic E-state index is 12.3. The molecule has 160 valence electrons. The number of rotatable bonds is 8. The molecular formula is C23H30N4O2S. The van der Waals surface area contributed by atoms with Crippen LogP contribution in [0.4, 0.5) is 10.5 Å². The maximum absolute atomic E-state index is 12.3. The Kier molecular flexibility index (Phi) is 8.59. The molecule has 3 rings (SSSR count). The maximum Gasteiger partial charge on any atom is 0.317 e. The molecule has 7 heteroatoms. The van der Waals surface area contributed by atoms with Gasteiger partial charge in [-0.1, -0.05) is 42.5 Å². The van der Waals surface area contributed by atoms with Crippen molar-refractivity contribution in [1.82, 2.24) is 15.1 Å². The highest BCUT2D eigenvalue weighted by Gasteiger charge is 2.12. The van der Waals surface area contributed by atoms with E-state index in [0.717, 1.165) is 30.9 Å². The summed E-state index contributed by atoms with van der Waals surface area (Å²) in [6.07, 6.45) is 0.235. The fourth-order valence-electron chi connectivity index (χ4n) is 3.34. The van der Waals surface area contributed by atoms with Gasteiger partial charge in [-0.15, -0.1) is 0 Å². The molecule has 0 radical (unpaired) electrons. The minimum absolute atomic E-state index is 0.104. The van der Waals surface area contributed by atoms with Gasteiger partial charge in [0.2, 0.25) is 5.91 Å². The van der Waals surface area contributed by atoms with Gasteiger partial charge in [0.15, 0.2) is 0 Å². The van der Waals surface area contributed by atoms with Crippen molar-refractivity contribution in [2.24, 2.45) is 0 Å². The van der Waals surface area contributed by atoms with E-state index in [-0.39, 0.29) is 18.4 Å². The Bertz CT molecular complexity index is 825. The number of thioether (sulfide) groups is 1. The highest BCUT2D eigenvalue weighted by atomic mass is 32.2. The zero-order chi connectivity index (χ0) is 21.2. The van der Waals surface area contributed by atoms with Gasteiger partial charge >= 0.3 is 6.03 Å². The van der Waals surface area contributed by atoms with E-state index < -0.39 is 0 Å². The van der Waals surface area contributed by atoms with E-state index >= 15 is 0 Å². The molecule has 6 nitrogen and oxygen atoms in total. The van der Waals surface area contributed by atoms with E-state index in [1.165, 1.54) is 17.1 Å². The first kappa shape index (κ1) is 22.2. The van der Waals surface area contributed by atoms with Gasteiger partial charge in [0.25, 0.3) is 0 Å². The van der Waals surface area contributed by atoms with E-state index in [0.29, 0.717) is 13.1 Å². The Labute approximate surface area is 183 Å². The van der Waals surface area contributed by atoms with Crippen molar-refractivity contribution in [3.63, 3.8) is 0 Å². The fourth-order valence-corrected chi connectivity index (χ4v) is 4.31. The van der Waals surface area contributed by atoms with E-state index in [2.05, 4.69) is 21.6 Å². The summed E-state index contributed by atoms with van der Waals surface area (Å²) in [5.74, 6) is 2.26. The summed E-state index contributed by atoms with van der Waals surface area (Å²) in [4.78, 5) is 28.5. The minimum Gasteiger partial charge on any atom is -0.337 e. The first-order valence-electron chi connectivity index (χ1n) is 10.3. The number of carbonyl (C=O) groups is 2. The summed E-state index contributed by atoms with van der Waals surface area (Å²) in [6.45, 7) is 3.96. The van der Waals surface area contributed by atoms with Crippen LogP contribution in [0.1, 0.15) is 17.5 Å². The van der Waals surface area contributed by atoms with Crippen LogP contribution in [0.3, 0.4) is 0 Å². The van der Waals surface area contributed by atoms with Gasteiger partial charge in [0, 0.05) is 63.4 Å². The smallest absolute Gasteiger partial charge is 0.317 e. The van der Waals surface area contributed by atoms with Crippen LogP contribution in [-0.2, 0) is 17.9 Å². The number of benzene rings is 2. The lowest BCUT2D eigenvalue weighted by Gasteiger charge is -2.26. The Hall–Kier alpha value is -2.51. The average Bonchev–Trinajstić information content (AvgIpc) is 2.75. The normalized spacial score (nSPS) is 14.2. The Balaban J connectivity index is 1.39. The third-order valence-electron chi connectivity index (χ3n) is 4.96. The fraction of sp³-hybridized carbons (Fsp3) is 0.391. The standard InChI is InChI=1S/C23H30N4O2S/c1-26(17-19-6-3-2-4-7-19)23(29)24-11-10-22(28)25-21-9-5-8-20(16-21)18-27-12-14-30-15-13-27/h2-9,16H,10-15,17-18H2,1H3,(H,24,29)(H,25,28). The zero-order valence-corrected chi connectivity index (χ0v) is 18.3. The molecule has 1 saturated heterocycles. The van der Waals surface area contributed by atoms with Crippen molar-refractivity contribution >= 4 is 29.4 Å². The van der Waals surface area contributed by atoms with Crippen LogP contribution in [0.15, 0.2) is 54.6 Å². The van der Waals surface area contributed by atoms with Crippen molar-refractivity contribution in [1.29, 1.82) is 0 Å². The summed E-state index contributed by atoms with van der Waals surface area (Å²) in [6, 6.07) is 17.6. The molecular weight excluding hydrogens is 396 g/mol. The topological polar surface area (TPSA) is 64.7 Å². The van der Waals surface area contributed by atoms with Gasteiger partial charge in [-0.25, -0.2) is 4.79 Å². The molecule has 0 aliphatic carbocycles. The Morgan fingerprint density at radius 1 is 1.03 bits per heavy atom. The second-order valence-electron chi connectivity index (χ2n) is 7.46. The quantitative estimate of drug-likeness (QED) is 0.679. The molecule has 0 bridgehead atoms. The molecule has 2 aromatic carbocycles. The highest BCUT2D eigenvalue weighted by molar-refractivity contribution is 7.99. The van der Waals surface area contributed by atoms with Crippen LogP contribution in [0.5, 0.6) is 0 Å². The van der Waals surface area contributed by atoms with Crippen LogP contribution in [-0.4, -0.2) is 59.9 Å². The second kappa shape index (κ2) is 11.6. The lowest BCUT2D eigenvalue weighted by molar-refractivity contribution is -0.116. The lowest BCUT2D eigenvalue weighted by atomic mass is 10.2. The number of hydrogen-bond donors (Lipinski definition) is 2. The Morgan fingerprint density at radius 3 is 2.53 bits per heavy atom. The van der Waals surface area contributed by atoms with Gasteiger partial charge in [-0.05, 0) is 23.3 Å². The number of hydrogen-bond acceptors (Lipinski definition) is 4. The predicted molar refractivity (Wildman–Crippen MR) is 124 cm³/mol. The molecule has 30 heavy (non-hydrogen) atoms. The summed E-state index contributed by atoms with van der Waals surface area (Å²) in [5, 5.41) is 5.74. The van der Waals surface area contributed by atoms with Crippen molar-refractivity contribution in [3.05, 3.63) is 65.7 Å². The van der Waals surface area contributed by atoms with Gasteiger partial charge in [-0.2, -0.15) is 11.8 Å². The van der Waals surface area contributed by atoms with Gasteiger partial charge in [0.05, 0.1) is 0 Å². The Morgan fingerprint density at radius 2 is 1.77 bits per heavy atom. The number of nitrogens with zero attached hydrogens (tertiary/aromatic N) is 2. The van der Waals surface area contributed by atoms with Crippen LogP contribution >= 0.6 is 11.8 Å². The number of nitrogens with one attached hydrogen (secondary N) is 2. The summed E-state index contributed by atoms with van der Waals surface area (Å²) >= 11 is 2.00. The van der Waals surface area contributed by atoms with Crippen LogP contribution in [0, 0.1) is 0 Å². The molecule has 0 atom stereocenters. The average molecular weight is 427 g/mol. The summed E-state index contributed by atoms with van der Waals surface area (Å²) in [7, 11) is 1.74. The van der Waals surface area contributed by atoms with Gasteiger partial charge in [-0.3, -0.25) is 9.69 Å². The van der Waals surface area contributed by atoms with Crippen molar-refractivity contribution in [2.75, 3.05) is 43.5 Å². The largest absolute Gasteiger partial charge is 0.337 e. The number of amides is 3. The summed E-state index contributed by atoms with van der Waals surface area (Å²) < 4.78 is 0. The molecule has 2 N–H and O–H groups in total. The SMILES string of the molecule is CN(Cc1ccccc1)C(=O)NCCC(=O)Nc1cccc(CN2CCSCC2)c1. The van der Waals surface area contributed by atoms with Crippen LogP contribution in [0.25, 0.3) is 0 Å². The van der Waals surface area contributed by atoms with E-state index in [4.69, 9.17) is 0 Å². The molecule has 3 amide bonds. The molecule has 0 saturated carbocycles. The van der Waals surface area contributed by atoms with Crippen molar-refractivity contribution in [3.8, 4) is 0 Å². The lowest BCUT2D eigenvalue weighted by Crippen LogP contribution is -2.38. The van der Waals surface area contributed by atoms with Crippen LogP contribution < -0.4 is 10.6 Å². The molecule has 0 aromatic heterocycles. The molecule has 1 aliphatic heterocycles. The monoisotopic (exact) mass is 426 g/mol. The van der Waals surface area contributed by atoms with Crippen molar-refractivity contribution < 1.29 is 9.59 Å². The molecule has 1 aliphatic rings. The van der Waals surface area contributed by atoms with E-state index in [9.17, 15) is 9.59 Å². The molecule has 1 heterocycles. The minimum atomic E-state index is -0.187. The first-order valence-corrected chi connectivity index (χ1v) is 11.5. The van der Waals surface area contributed by atoms with Gasteiger partial charge in [0.1, 0.15) is 0 Å². The van der Waals surface area contributed by atoms with Gasteiger partial charge < -0.3 is 15.5 Å². The van der Waals surface area contributed by atoms with E-state index in [1.807, 2.05) is 60.3 Å².